The minimum atomic E-state index is -0.380. The Morgan fingerprint density at radius 2 is 1.96 bits per heavy atom. The van der Waals surface area contributed by atoms with Crippen LogP contribution >= 0.6 is 11.6 Å². The van der Waals surface area contributed by atoms with Crippen molar-refractivity contribution in [3.63, 3.8) is 0 Å². The van der Waals surface area contributed by atoms with Crippen molar-refractivity contribution in [2.75, 3.05) is 12.8 Å². The fourth-order valence-electron chi connectivity index (χ4n) is 2.60. The molecule has 0 unspecified atom stereocenters. The average Bonchev–Trinajstić information content (AvgIpc) is 2.91. The molecule has 0 atom stereocenters. The van der Waals surface area contributed by atoms with Crippen molar-refractivity contribution in [3.05, 3.63) is 62.5 Å². The van der Waals surface area contributed by atoms with Crippen LogP contribution in [0.4, 0.5) is 5.69 Å². The maximum absolute atomic E-state index is 12.7. The number of hydrogen-bond acceptors (Lipinski definition) is 5. The molecule has 3 aromatic rings. The van der Waals surface area contributed by atoms with Crippen molar-refractivity contribution >= 4 is 17.3 Å². The van der Waals surface area contributed by atoms with Gasteiger partial charge in [0, 0.05) is 5.69 Å². The number of ether oxygens (including phenoxy) is 1. The average molecular weight is 360 g/mol. The van der Waals surface area contributed by atoms with E-state index in [1.165, 1.54) is 16.5 Å². The van der Waals surface area contributed by atoms with Crippen molar-refractivity contribution in [1.29, 1.82) is 0 Å². The van der Waals surface area contributed by atoms with E-state index in [1.807, 2.05) is 32.0 Å². The summed E-state index contributed by atoms with van der Waals surface area (Å²) >= 11 is 6.20. The summed E-state index contributed by atoms with van der Waals surface area (Å²) in [7, 11) is 1.49. The van der Waals surface area contributed by atoms with Crippen molar-refractivity contribution in [2.45, 2.75) is 20.4 Å². The fourth-order valence-corrected chi connectivity index (χ4v) is 2.95. The summed E-state index contributed by atoms with van der Waals surface area (Å²) in [6.45, 7) is 4.08. The van der Waals surface area contributed by atoms with Crippen LogP contribution in [0.5, 0.6) is 5.75 Å². The van der Waals surface area contributed by atoms with E-state index >= 15 is 0 Å². The smallest absolute Gasteiger partial charge is 0.368 e. The van der Waals surface area contributed by atoms with E-state index in [0.29, 0.717) is 28.7 Å². The van der Waals surface area contributed by atoms with Gasteiger partial charge in [0.2, 0.25) is 0 Å². The minimum absolute atomic E-state index is 0.293. The molecule has 1 heterocycles. The van der Waals surface area contributed by atoms with Gasteiger partial charge in [-0.2, -0.15) is 9.36 Å². The summed E-state index contributed by atoms with van der Waals surface area (Å²) in [5.74, 6) is 0.379. The molecule has 0 spiro atoms. The van der Waals surface area contributed by atoms with Crippen LogP contribution in [-0.4, -0.2) is 26.9 Å². The Bertz CT molecular complexity index is 993. The summed E-state index contributed by atoms with van der Waals surface area (Å²) in [5.41, 5.74) is 9.36. The molecule has 0 fully saturated rings. The Morgan fingerprint density at radius 1 is 1.20 bits per heavy atom. The van der Waals surface area contributed by atoms with Crippen LogP contribution in [0.3, 0.4) is 0 Å². The molecule has 130 valence electrons. The summed E-state index contributed by atoms with van der Waals surface area (Å²) in [5, 5.41) is 8.34. The normalized spacial score (nSPS) is 10.9. The lowest BCUT2D eigenvalue weighted by atomic mass is 10.1. The molecule has 0 radical (unpaired) electrons. The van der Waals surface area contributed by atoms with E-state index in [4.69, 9.17) is 22.1 Å². The number of anilines is 1. The molecule has 0 amide bonds. The molecule has 0 bridgehead atoms. The largest absolute Gasteiger partial charge is 0.493 e. The lowest BCUT2D eigenvalue weighted by molar-refractivity contribution is 0.411. The maximum atomic E-state index is 12.7. The van der Waals surface area contributed by atoms with Crippen LogP contribution in [0.1, 0.15) is 16.7 Å². The Kier molecular flexibility index (Phi) is 4.50. The van der Waals surface area contributed by atoms with Crippen LogP contribution in [0, 0.1) is 13.8 Å². The second-order valence-corrected chi connectivity index (χ2v) is 6.23. The number of halogens is 1. The van der Waals surface area contributed by atoms with E-state index in [2.05, 4.69) is 10.4 Å². The lowest BCUT2D eigenvalue weighted by Crippen LogP contribution is -2.25. The molecular weight excluding hydrogens is 342 g/mol. The Hall–Kier alpha value is -2.80. The number of tetrazole rings is 1. The van der Waals surface area contributed by atoms with E-state index < -0.39 is 0 Å². The highest BCUT2D eigenvalue weighted by Gasteiger charge is 2.16. The molecule has 3 rings (SSSR count). The molecule has 2 aromatic carbocycles. The summed E-state index contributed by atoms with van der Waals surface area (Å²) in [4.78, 5) is 12.7. The zero-order valence-electron chi connectivity index (χ0n) is 14.2. The van der Waals surface area contributed by atoms with Gasteiger partial charge in [-0.3, -0.25) is 0 Å². The summed E-state index contributed by atoms with van der Waals surface area (Å²) < 4.78 is 7.78. The molecule has 8 heteroatoms. The number of aryl methyl sites for hydroxylation is 2. The number of benzene rings is 2. The predicted molar refractivity (Wildman–Crippen MR) is 96.6 cm³/mol. The molecule has 0 saturated carbocycles. The number of rotatable bonds is 4. The zero-order chi connectivity index (χ0) is 18.1. The van der Waals surface area contributed by atoms with E-state index in [1.54, 1.807) is 12.1 Å². The van der Waals surface area contributed by atoms with Crippen LogP contribution in [0.25, 0.3) is 5.69 Å². The molecule has 0 aliphatic carbocycles. The molecule has 7 nitrogen and oxygen atoms in total. The Balaban J connectivity index is 2.02. The molecule has 25 heavy (non-hydrogen) atoms. The second kappa shape index (κ2) is 6.60. The first-order valence-corrected chi connectivity index (χ1v) is 8.01. The summed E-state index contributed by atoms with van der Waals surface area (Å²) in [6, 6.07) is 9.13. The van der Waals surface area contributed by atoms with E-state index in [-0.39, 0.29) is 5.69 Å². The van der Waals surface area contributed by atoms with Gasteiger partial charge in [0.25, 0.3) is 0 Å². The first-order chi connectivity index (χ1) is 11.9. The van der Waals surface area contributed by atoms with Gasteiger partial charge in [0.1, 0.15) is 5.69 Å². The van der Waals surface area contributed by atoms with Gasteiger partial charge >= 0.3 is 5.69 Å². The molecule has 0 aliphatic rings. The number of nitrogen functional groups attached to an aromatic ring is 1. The zero-order valence-corrected chi connectivity index (χ0v) is 14.9. The number of aromatic nitrogens is 4. The Morgan fingerprint density at radius 3 is 2.64 bits per heavy atom. The third kappa shape index (κ3) is 3.23. The first-order valence-electron chi connectivity index (χ1n) is 7.63. The monoisotopic (exact) mass is 359 g/mol. The molecule has 2 N–H and O–H groups in total. The van der Waals surface area contributed by atoms with Crippen molar-refractivity contribution in [1.82, 2.24) is 19.8 Å². The highest BCUT2D eigenvalue weighted by Crippen LogP contribution is 2.31. The number of nitrogens with two attached hydrogens (primary N) is 1. The SMILES string of the molecule is COc1c(Cl)cc(C)cc1-n1nnn(Cc2ccc(N)c(C)c2)c1=O. The third-order valence-electron chi connectivity index (χ3n) is 3.91. The van der Waals surface area contributed by atoms with Crippen LogP contribution in [-0.2, 0) is 6.54 Å². The first kappa shape index (κ1) is 17.0. The minimum Gasteiger partial charge on any atom is -0.493 e. The molecule has 1 aromatic heterocycles. The van der Waals surface area contributed by atoms with Crippen LogP contribution in [0.15, 0.2) is 35.1 Å². The van der Waals surface area contributed by atoms with E-state index in [9.17, 15) is 4.79 Å². The molecule has 0 aliphatic heterocycles. The van der Waals surface area contributed by atoms with Crippen LogP contribution in [0.2, 0.25) is 5.02 Å². The Labute approximate surface area is 149 Å². The van der Waals surface area contributed by atoms with Gasteiger partial charge in [-0.05, 0) is 59.2 Å². The summed E-state index contributed by atoms with van der Waals surface area (Å²) in [6.07, 6.45) is 0. The van der Waals surface area contributed by atoms with Crippen molar-refractivity contribution in [3.8, 4) is 11.4 Å². The second-order valence-electron chi connectivity index (χ2n) is 5.82. The number of nitrogens with zero attached hydrogens (tertiary/aromatic N) is 4. The standard InChI is InChI=1S/C17H18ClN5O2/c1-10-6-13(18)16(25-3)15(7-10)23-17(24)22(20-21-23)9-12-4-5-14(19)11(2)8-12/h4-8H,9,19H2,1-3H3. The van der Waals surface area contributed by atoms with Gasteiger partial charge in [-0.1, -0.05) is 23.7 Å². The van der Waals surface area contributed by atoms with Crippen LogP contribution < -0.4 is 16.2 Å². The highest BCUT2D eigenvalue weighted by atomic mass is 35.5. The number of hydrogen-bond donors (Lipinski definition) is 1. The van der Waals surface area contributed by atoms with E-state index in [0.717, 1.165) is 16.7 Å². The quantitative estimate of drug-likeness (QED) is 0.722. The third-order valence-corrected chi connectivity index (χ3v) is 4.19. The molecule has 0 saturated heterocycles. The fraction of sp³-hybridized carbons (Fsp3) is 0.235. The predicted octanol–water partition coefficient (Wildman–Crippen LogP) is 2.34. The number of methoxy groups -OCH3 is 1. The van der Waals surface area contributed by atoms with Gasteiger partial charge in [-0.15, -0.1) is 0 Å². The maximum Gasteiger partial charge on any atom is 0.368 e. The van der Waals surface area contributed by atoms with Gasteiger partial charge in [-0.25, -0.2) is 4.79 Å². The van der Waals surface area contributed by atoms with Gasteiger partial charge in [0.05, 0.1) is 18.7 Å². The topological polar surface area (TPSA) is 88.0 Å². The molecular formula is C17H18ClN5O2. The van der Waals surface area contributed by atoms with Gasteiger partial charge < -0.3 is 10.5 Å². The van der Waals surface area contributed by atoms with Crippen molar-refractivity contribution in [2.24, 2.45) is 0 Å². The van der Waals surface area contributed by atoms with Gasteiger partial charge in [0.15, 0.2) is 5.75 Å². The highest BCUT2D eigenvalue weighted by molar-refractivity contribution is 6.32. The van der Waals surface area contributed by atoms with Crippen molar-refractivity contribution < 1.29 is 4.74 Å². The lowest BCUT2D eigenvalue weighted by Gasteiger charge is -2.10.